The fraction of sp³-hybridized carbons (Fsp3) is 0.222. The highest BCUT2D eigenvalue weighted by Crippen LogP contribution is 2.28. The van der Waals surface area contributed by atoms with Crippen molar-refractivity contribution in [1.29, 1.82) is 0 Å². The van der Waals surface area contributed by atoms with Gasteiger partial charge in [-0.05, 0) is 17.7 Å². The van der Waals surface area contributed by atoms with Crippen molar-refractivity contribution in [3.8, 4) is 5.75 Å². The second-order valence-corrected chi connectivity index (χ2v) is 3.30. The molecule has 1 aromatic carbocycles. The Hall–Kier alpha value is -1.33. The standard InChI is InChI=1S/C9H8ClFO4/c10-5-3-4(1-2-6(5)12)8(13)7(11)9(14)15/h1-3,7-8,12-13H,(H,14,15). The number of aromatic hydroxyl groups is 1. The van der Waals surface area contributed by atoms with Gasteiger partial charge in [-0.2, -0.15) is 0 Å². The number of carbonyl (C=O) groups is 1. The monoisotopic (exact) mass is 234 g/mol. The maximum absolute atomic E-state index is 12.9. The SMILES string of the molecule is O=C(O)C(F)C(O)c1ccc(O)c(Cl)c1. The van der Waals surface area contributed by atoms with Crippen molar-refractivity contribution in [2.45, 2.75) is 12.3 Å². The number of hydrogen-bond donors (Lipinski definition) is 3. The van der Waals surface area contributed by atoms with Gasteiger partial charge in [-0.3, -0.25) is 0 Å². The molecule has 15 heavy (non-hydrogen) atoms. The number of carboxylic acids is 1. The first-order valence-corrected chi connectivity index (χ1v) is 4.34. The second kappa shape index (κ2) is 4.46. The van der Waals surface area contributed by atoms with E-state index in [4.69, 9.17) is 21.8 Å². The number of hydrogen-bond acceptors (Lipinski definition) is 3. The number of carboxylic acid groups (broad SMARTS) is 1. The smallest absolute Gasteiger partial charge is 0.341 e. The van der Waals surface area contributed by atoms with Gasteiger partial charge in [-0.1, -0.05) is 17.7 Å². The van der Waals surface area contributed by atoms with Gasteiger partial charge in [-0.15, -0.1) is 0 Å². The molecule has 0 saturated heterocycles. The van der Waals surface area contributed by atoms with Crippen LogP contribution in [0.5, 0.6) is 5.75 Å². The van der Waals surface area contributed by atoms with Gasteiger partial charge < -0.3 is 15.3 Å². The molecule has 3 N–H and O–H groups in total. The molecule has 4 nitrogen and oxygen atoms in total. The van der Waals surface area contributed by atoms with Crippen LogP contribution in [0.4, 0.5) is 4.39 Å². The van der Waals surface area contributed by atoms with E-state index in [0.717, 1.165) is 12.1 Å². The number of phenols is 1. The summed E-state index contributed by atoms with van der Waals surface area (Å²) in [6.07, 6.45) is -4.23. The maximum atomic E-state index is 12.9. The van der Waals surface area contributed by atoms with Crippen molar-refractivity contribution >= 4 is 17.6 Å². The van der Waals surface area contributed by atoms with Crippen LogP contribution in [0.25, 0.3) is 0 Å². The molecule has 0 aliphatic heterocycles. The van der Waals surface area contributed by atoms with Crippen LogP contribution >= 0.6 is 11.6 Å². The van der Waals surface area contributed by atoms with Gasteiger partial charge in [0.25, 0.3) is 0 Å². The van der Waals surface area contributed by atoms with Crippen LogP contribution in [-0.4, -0.2) is 27.5 Å². The Morgan fingerprint density at radius 3 is 2.53 bits per heavy atom. The van der Waals surface area contributed by atoms with E-state index in [9.17, 15) is 14.3 Å². The predicted octanol–water partition coefficient (Wildman–Crippen LogP) is 1.50. The molecule has 0 spiro atoms. The van der Waals surface area contributed by atoms with Crippen molar-refractivity contribution in [3.05, 3.63) is 28.8 Å². The third-order valence-electron chi connectivity index (χ3n) is 1.83. The lowest BCUT2D eigenvalue weighted by molar-refractivity contribution is -0.147. The number of rotatable bonds is 3. The van der Waals surface area contributed by atoms with E-state index in [1.165, 1.54) is 6.07 Å². The fourth-order valence-corrected chi connectivity index (χ4v) is 1.20. The molecule has 0 radical (unpaired) electrons. The van der Waals surface area contributed by atoms with Crippen LogP contribution in [0.2, 0.25) is 5.02 Å². The molecule has 1 rings (SSSR count). The van der Waals surface area contributed by atoms with E-state index in [-0.39, 0.29) is 16.3 Å². The molecule has 0 heterocycles. The molecule has 0 fully saturated rings. The van der Waals surface area contributed by atoms with E-state index in [1.54, 1.807) is 0 Å². The molecule has 2 atom stereocenters. The third-order valence-corrected chi connectivity index (χ3v) is 2.13. The number of aliphatic hydroxyl groups excluding tert-OH is 1. The van der Waals surface area contributed by atoms with E-state index in [0.29, 0.717) is 0 Å². The van der Waals surface area contributed by atoms with Crippen LogP contribution in [-0.2, 0) is 4.79 Å². The van der Waals surface area contributed by atoms with Gasteiger partial charge >= 0.3 is 5.97 Å². The van der Waals surface area contributed by atoms with E-state index < -0.39 is 18.2 Å². The zero-order chi connectivity index (χ0) is 11.6. The van der Waals surface area contributed by atoms with Crippen molar-refractivity contribution in [2.75, 3.05) is 0 Å². The minimum atomic E-state index is -2.43. The molecule has 2 unspecified atom stereocenters. The minimum absolute atomic E-state index is 0.00676. The van der Waals surface area contributed by atoms with Gasteiger partial charge in [0.2, 0.25) is 6.17 Å². The van der Waals surface area contributed by atoms with Crippen LogP contribution < -0.4 is 0 Å². The third kappa shape index (κ3) is 2.57. The van der Waals surface area contributed by atoms with Crippen LogP contribution in [0.3, 0.4) is 0 Å². The Balaban J connectivity index is 2.96. The molecule has 0 aliphatic carbocycles. The number of halogens is 2. The first-order valence-electron chi connectivity index (χ1n) is 3.97. The van der Waals surface area contributed by atoms with Crippen molar-refractivity contribution in [3.63, 3.8) is 0 Å². The van der Waals surface area contributed by atoms with Crippen molar-refractivity contribution < 1.29 is 24.5 Å². The zero-order valence-electron chi connectivity index (χ0n) is 7.39. The zero-order valence-corrected chi connectivity index (χ0v) is 8.15. The normalized spacial score (nSPS) is 14.6. The van der Waals surface area contributed by atoms with E-state index in [1.807, 2.05) is 0 Å². The van der Waals surface area contributed by atoms with Gasteiger partial charge in [0.1, 0.15) is 11.9 Å². The summed E-state index contributed by atoms with van der Waals surface area (Å²) in [4.78, 5) is 10.2. The Bertz CT molecular complexity index is 382. The molecule has 82 valence electrons. The topological polar surface area (TPSA) is 77.8 Å². The molecule has 0 aromatic heterocycles. The highest BCUT2D eigenvalue weighted by atomic mass is 35.5. The number of benzene rings is 1. The number of aliphatic hydroxyl groups is 1. The summed E-state index contributed by atoms with van der Waals surface area (Å²) in [6, 6.07) is 3.45. The van der Waals surface area contributed by atoms with Crippen molar-refractivity contribution in [2.24, 2.45) is 0 Å². The molecule has 0 bridgehead atoms. The molecular formula is C9H8ClFO4. The van der Waals surface area contributed by atoms with Crippen LogP contribution in [0, 0.1) is 0 Å². The largest absolute Gasteiger partial charge is 0.506 e. The highest BCUT2D eigenvalue weighted by Gasteiger charge is 2.27. The van der Waals surface area contributed by atoms with Crippen molar-refractivity contribution in [1.82, 2.24) is 0 Å². The van der Waals surface area contributed by atoms with E-state index >= 15 is 0 Å². The number of aliphatic carboxylic acids is 1. The van der Waals surface area contributed by atoms with Gasteiger partial charge in [-0.25, -0.2) is 9.18 Å². The average Bonchev–Trinajstić information content (AvgIpc) is 2.19. The summed E-state index contributed by atoms with van der Waals surface area (Å²) in [7, 11) is 0. The maximum Gasteiger partial charge on any atom is 0.341 e. The molecular weight excluding hydrogens is 227 g/mol. The Morgan fingerprint density at radius 2 is 2.07 bits per heavy atom. The quantitative estimate of drug-likeness (QED) is 0.741. The Labute approximate surface area is 89.5 Å². The number of phenolic OH excluding ortho intramolecular Hbond substituents is 1. The summed E-state index contributed by atoms with van der Waals surface area (Å²) in [6.45, 7) is 0. The Morgan fingerprint density at radius 1 is 1.47 bits per heavy atom. The van der Waals surface area contributed by atoms with Gasteiger partial charge in [0, 0.05) is 0 Å². The predicted molar refractivity (Wildman–Crippen MR) is 50.6 cm³/mol. The lowest BCUT2D eigenvalue weighted by Crippen LogP contribution is -2.23. The summed E-state index contributed by atoms with van der Waals surface area (Å²) in [5.41, 5.74) is -0.00676. The second-order valence-electron chi connectivity index (χ2n) is 2.90. The lowest BCUT2D eigenvalue weighted by Gasteiger charge is -2.12. The fourth-order valence-electron chi connectivity index (χ4n) is 1.01. The van der Waals surface area contributed by atoms with Crippen LogP contribution in [0.15, 0.2) is 18.2 Å². The summed E-state index contributed by atoms with van der Waals surface area (Å²) >= 11 is 5.51. The highest BCUT2D eigenvalue weighted by molar-refractivity contribution is 6.32. The minimum Gasteiger partial charge on any atom is -0.506 e. The molecule has 1 aromatic rings. The summed E-state index contributed by atoms with van der Waals surface area (Å²) in [5.74, 6) is -1.98. The number of alkyl halides is 1. The van der Waals surface area contributed by atoms with Gasteiger partial charge in [0.05, 0.1) is 5.02 Å². The molecule has 0 saturated carbocycles. The molecule has 0 amide bonds. The van der Waals surface area contributed by atoms with E-state index in [2.05, 4.69) is 0 Å². The molecule has 6 heteroatoms. The van der Waals surface area contributed by atoms with Gasteiger partial charge in [0.15, 0.2) is 0 Å². The average molecular weight is 235 g/mol. The Kier molecular flexibility index (Phi) is 3.49. The summed E-state index contributed by atoms with van der Waals surface area (Å²) < 4.78 is 12.9. The van der Waals surface area contributed by atoms with Crippen LogP contribution in [0.1, 0.15) is 11.7 Å². The summed E-state index contributed by atoms with van der Waals surface area (Å²) in [5, 5.41) is 26.6. The first kappa shape index (κ1) is 11.7. The lowest BCUT2D eigenvalue weighted by atomic mass is 10.1. The molecule has 0 aliphatic rings. The first-order chi connectivity index (χ1) is 6.93.